The zero-order chi connectivity index (χ0) is 14.3. The maximum Gasteiger partial charge on any atom is 0.142 e. The molecule has 0 aliphatic rings. The van der Waals surface area contributed by atoms with Gasteiger partial charge in [0.15, 0.2) is 0 Å². The van der Waals surface area contributed by atoms with Crippen LogP contribution in [0.25, 0.3) is 22.4 Å². The van der Waals surface area contributed by atoms with E-state index in [1.807, 2.05) is 12.1 Å². The Labute approximate surface area is 125 Å². The van der Waals surface area contributed by atoms with Crippen molar-refractivity contribution in [3.8, 4) is 17.1 Å². The first-order valence-electron chi connectivity index (χ1n) is 5.87. The van der Waals surface area contributed by atoms with Gasteiger partial charge in [-0.25, -0.2) is 4.98 Å². The van der Waals surface area contributed by atoms with Crippen molar-refractivity contribution in [2.24, 2.45) is 0 Å². The molecule has 0 atom stereocenters. The SMILES string of the molecule is COc1cc(N)c(Cl)cc1-c1nc2c(Cl)cccc2[nH]1. The molecule has 2 aromatic carbocycles. The van der Waals surface area contributed by atoms with E-state index < -0.39 is 0 Å². The molecule has 1 aromatic heterocycles. The van der Waals surface area contributed by atoms with Crippen molar-refractivity contribution < 1.29 is 4.74 Å². The summed E-state index contributed by atoms with van der Waals surface area (Å²) in [7, 11) is 1.57. The van der Waals surface area contributed by atoms with Crippen molar-refractivity contribution in [3.63, 3.8) is 0 Å². The number of nitrogens with two attached hydrogens (primary N) is 1. The molecule has 0 aliphatic heterocycles. The molecule has 0 saturated carbocycles. The second kappa shape index (κ2) is 4.89. The molecule has 0 fully saturated rings. The zero-order valence-electron chi connectivity index (χ0n) is 10.6. The standard InChI is InChI=1S/C14H11Cl2N3O/c1-20-12-6-10(17)9(16)5-7(12)14-18-11-4-2-3-8(15)13(11)19-14/h2-6H,17H2,1H3,(H,18,19). The largest absolute Gasteiger partial charge is 0.496 e. The number of anilines is 1. The molecular formula is C14H11Cl2N3O. The average Bonchev–Trinajstić information content (AvgIpc) is 2.86. The third kappa shape index (κ3) is 2.07. The quantitative estimate of drug-likeness (QED) is 0.700. The van der Waals surface area contributed by atoms with E-state index in [2.05, 4.69) is 9.97 Å². The monoisotopic (exact) mass is 307 g/mol. The Morgan fingerprint density at radius 3 is 2.70 bits per heavy atom. The van der Waals surface area contributed by atoms with Gasteiger partial charge in [-0.2, -0.15) is 0 Å². The number of aromatic nitrogens is 2. The van der Waals surface area contributed by atoms with Gasteiger partial charge in [-0.1, -0.05) is 29.3 Å². The molecule has 1 heterocycles. The number of benzene rings is 2. The van der Waals surface area contributed by atoms with Crippen LogP contribution in [0.3, 0.4) is 0 Å². The highest BCUT2D eigenvalue weighted by Crippen LogP contribution is 2.36. The summed E-state index contributed by atoms with van der Waals surface area (Å²) in [4.78, 5) is 7.69. The minimum Gasteiger partial charge on any atom is -0.496 e. The molecule has 0 saturated heterocycles. The van der Waals surface area contributed by atoms with Crippen LogP contribution in [0, 0.1) is 0 Å². The number of hydrogen-bond donors (Lipinski definition) is 2. The fraction of sp³-hybridized carbons (Fsp3) is 0.0714. The molecular weight excluding hydrogens is 297 g/mol. The number of H-pyrrole nitrogens is 1. The molecule has 4 nitrogen and oxygen atoms in total. The highest BCUT2D eigenvalue weighted by Gasteiger charge is 2.14. The molecule has 0 radical (unpaired) electrons. The highest BCUT2D eigenvalue weighted by molar-refractivity contribution is 6.35. The summed E-state index contributed by atoms with van der Waals surface area (Å²) in [5, 5.41) is 1.04. The maximum atomic E-state index is 6.13. The lowest BCUT2D eigenvalue weighted by Gasteiger charge is -2.08. The lowest BCUT2D eigenvalue weighted by atomic mass is 10.1. The minimum atomic E-state index is 0.451. The number of para-hydroxylation sites is 1. The van der Waals surface area contributed by atoms with E-state index >= 15 is 0 Å². The molecule has 20 heavy (non-hydrogen) atoms. The van der Waals surface area contributed by atoms with Crippen molar-refractivity contribution in [3.05, 3.63) is 40.4 Å². The van der Waals surface area contributed by atoms with E-state index in [4.69, 9.17) is 33.7 Å². The predicted octanol–water partition coefficient (Wildman–Crippen LogP) is 4.13. The Bertz CT molecular complexity index is 798. The molecule has 6 heteroatoms. The number of aromatic amines is 1. The number of hydrogen-bond acceptors (Lipinski definition) is 3. The molecule has 0 unspecified atom stereocenters. The molecule has 3 N–H and O–H groups in total. The van der Waals surface area contributed by atoms with Crippen LogP contribution in [0.15, 0.2) is 30.3 Å². The van der Waals surface area contributed by atoms with Crippen LogP contribution >= 0.6 is 23.2 Å². The van der Waals surface area contributed by atoms with Crippen LogP contribution in [-0.4, -0.2) is 17.1 Å². The lowest BCUT2D eigenvalue weighted by Crippen LogP contribution is -1.93. The molecule has 0 aliphatic carbocycles. The fourth-order valence-electron chi connectivity index (χ4n) is 2.05. The van der Waals surface area contributed by atoms with Crippen molar-refractivity contribution >= 4 is 39.9 Å². The minimum absolute atomic E-state index is 0.451. The number of rotatable bonds is 2. The Kier molecular flexibility index (Phi) is 3.20. The van der Waals surface area contributed by atoms with Gasteiger partial charge < -0.3 is 15.5 Å². The van der Waals surface area contributed by atoms with Gasteiger partial charge in [0.1, 0.15) is 17.1 Å². The number of ether oxygens (including phenoxy) is 1. The number of nitrogen functional groups attached to an aromatic ring is 1. The van der Waals surface area contributed by atoms with Gasteiger partial charge in [0.05, 0.1) is 33.9 Å². The van der Waals surface area contributed by atoms with E-state index in [0.29, 0.717) is 32.8 Å². The molecule has 3 aromatic rings. The normalized spacial score (nSPS) is 10.9. The first-order valence-corrected chi connectivity index (χ1v) is 6.63. The smallest absolute Gasteiger partial charge is 0.142 e. The van der Waals surface area contributed by atoms with Crippen molar-refractivity contribution in [1.29, 1.82) is 0 Å². The average molecular weight is 308 g/mol. The number of fused-ring (bicyclic) bond motifs is 1. The van der Waals surface area contributed by atoms with Gasteiger partial charge in [0.25, 0.3) is 0 Å². The van der Waals surface area contributed by atoms with Crippen LogP contribution in [0.1, 0.15) is 0 Å². The van der Waals surface area contributed by atoms with Gasteiger partial charge in [0, 0.05) is 6.07 Å². The number of nitrogens with one attached hydrogen (secondary N) is 1. The van der Waals surface area contributed by atoms with Gasteiger partial charge in [0.2, 0.25) is 0 Å². The number of methoxy groups -OCH3 is 1. The number of halogens is 2. The first kappa shape index (κ1) is 13.1. The zero-order valence-corrected chi connectivity index (χ0v) is 12.1. The van der Waals surface area contributed by atoms with Crippen LogP contribution in [-0.2, 0) is 0 Å². The van der Waals surface area contributed by atoms with Gasteiger partial charge in [-0.05, 0) is 18.2 Å². The van der Waals surface area contributed by atoms with Crippen LogP contribution in [0.5, 0.6) is 5.75 Å². The maximum absolute atomic E-state index is 6.13. The first-order chi connectivity index (χ1) is 9.60. The summed E-state index contributed by atoms with van der Waals surface area (Å²) in [6, 6.07) is 8.96. The van der Waals surface area contributed by atoms with Gasteiger partial charge in [-0.3, -0.25) is 0 Å². The lowest BCUT2D eigenvalue weighted by molar-refractivity contribution is 0.416. The van der Waals surface area contributed by atoms with Gasteiger partial charge in [-0.15, -0.1) is 0 Å². The second-order valence-electron chi connectivity index (χ2n) is 4.30. The summed E-state index contributed by atoms with van der Waals surface area (Å²) in [5.41, 5.74) is 8.53. The van der Waals surface area contributed by atoms with Crippen LogP contribution < -0.4 is 10.5 Å². The number of imidazole rings is 1. The van der Waals surface area contributed by atoms with E-state index in [1.54, 1.807) is 25.3 Å². The van der Waals surface area contributed by atoms with E-state index in [1.165, 1.54) is 0 Å². The third-order valence-corrected chi connectivity index (χ3v) is 3.67. The third-order valence-electron chi connectivity index (χ3n) is 3.04. The van der Waals surface area contributed by atoms with E-state index in [-0.39, 0.29) is 0 Å². The summed E-state index contributed by atoms with van der Waals surface area (Å²) in [6.07, 6.45) is 0. The van der Waals surface area contributed by atoms with Crippen molar-refractivity contribution in [2.45, 2.75) is 0 Å². The van der Waals surface area contributed by atoms with E-state index in [9.17, 15) is 0 Å². The second-order valence-corrected chi connectivity index (χ2v) is 5.11. The van der Waals surface area contributed by atoms with E-state index in [0.717, 1.165) is 11.1 Å². The van der Waals surface area contributed by atoms with Crippen molar-refractivity contribution in [2.75, 3.05) is 12.8 Å². The highest BCUT2D eigenvalue weighted by atomic mass is 35.5. The molecule has 3 rings (SSSR count). The summed E-state index contributed by atoms with van der Waals surface area (Å²) < 4.78 is 5.33. The summed E-state index contributed by atoms with van der Waals surface area (Å²) in [5.74, 6) is 1.23. The summed E-state index contributed by atoms with van der Waals surface area (Å²) in [6.45, 7) is 0. The topological polar surface area (TPSA) is 63.9 Å². The molecule has 102 valence electrons. The molecule has 0 amide bonds. The molecule has 0 spiro atoms. The van der Waals surface area contributed by atoms with Crippen molar-refractivity contribution in [1.82, 2.24) is 9.97 Å². The van der Waals surface area contributed by atoms with Crippen LogP contribution in [0.2, 0.25) is 10.0 Å². The fourth-order valence-corrected chi connectivity index (χ4v) is 2.43. The Balaban J connectivity index is 2.25. The Hall–Kier alpha value is -1.91. The number of nitrogens with zero attached hydrogens (tertiary/aromatic N) is 1. The Morgan fingerprint density at radius 2 is 2.00 bits per heavy atom. The Morgan fingerprint density at radius 1 is 1.20 bits per heavy atom. The summed E-state index contributed by atoms with van der Waals surface area (Å²) >= 11 is 12.2. The predicted molar refractivity (Wildman–Crippen MR) is 82.5 cm³/mol. The van der Waals surface area contributed by atoms with Crippen LogP contribution in [0.4, 0.5) is 5.69 Å². The molecule has 0 bridgehead atoms. The van der Waals surface area contributed by atoms with Gasteiger partial charge >= 0.3 is 0 Å².